The van der Waals surface area contributed by atoms with E-state index in [4.69, 9.17) is 23.2 Å². The molecule has 2 aromatic rings. The van der Waals surface area contributed by atoms with Crippen molar-refractivity contribution in [1.82, 2.24) is 10.2 Å². The summed E-state index contributed by atoms with van der Waals surface area (Å²) in [6.45, 7) is 6.49. The molecule has 0 aliphatic carbocycles. The van der Waals surface area contributed by atoms with Gasteiger partial charge in [0.2, 0.25) is 11.8 Å². The van der Waals surface area contributed by atoms with Gasteiger partial charge < -0.3 is 10.2 Å². The van der Waals surface area contributed by atoms with Gasteiger partial charge in [0.25, 0.3) is 0 Å². The van der Waals surface area contributed by atoms with E-state index in [0.717, 1.165) is 5.56 Å². The van der Waals surface area contributed by atoms with Crippen LogP contribution in [0.4, 0.5) is 0 Å². The van der Waals surface area contributed by atoms with E-state index in [9.17, 15) is 9.59 Å². The summed E-state index contributed by atoms with van der Waals surface area (Å²) < 4.78 is 0. The molecule has 0 aliphatic heterocycles. The van der Waals surface area contributed by atoms with Crippen molar-refractivity contribution >= 4 is 35.0 Å². The Labute approximate surface area is 183 Å². The minimum absolute atomic E-state index is 0.0975. The second-order valence-corrected chi connectivity index (χ2v) is 7.84. The fraction of sp³-hybridized carbons (Fsp3) is 0.391. The second kappa shape index (κ2) is 11.2. The third-order valence-electron chi connectivity index (χ3n) is 4.88. The zero-order chi connectivity index (χ0) is 21.4. The molecule has 2 aromatic carbocycles. The van der Waals surface area contributed by atoms with Crippen molar-refractivity contribution in [2.24, 2.45) is 0 Å². The molecule has 0 aliphatic rings. The molecule has 156 valence electrons. The highest BCUT2D eigenvalue weighted by atomic mass is 35.5. The third-order valence-corrected chi connectivity index (χ3v) is 5.58. The van der Waals surface area contributed by atoms with E-state index in [0.29, 0.717) is 41.4 Å². The van der Waals surface area contributed by atoms with Crippen LogP contribution in [0.25, 0.3) is 0 Å². The quantitative estimate of drug-likeness (QED) is 0.590. The maximum atomic E-state index is 13.2. The van der Waals surface area contributed by atoms with E-state index in [1.165, 1.54) is 5.56 Å². The number of carbonyl (C=O) groups excluding carboxylic acids is 2. The number of hydrogen-bond donors (Lipinski definition) is 1. The van der Waals surface area contributed by atoms with Crippen molar-refractivity contribution in [2.75, 3.05) is 6.54 Å². The molecule has 0 radical (unpaired) electrons. The Kier molecular flexibility index (Phi) is 8.99. The minimum Gasteiger partial charge on any atom is -0.355 e. The Morgan fingerprint density at radius 2 is 1.66 bits per heavy atom. The number of nitrogens with zero attached hydrogens (tertiary/aromatic N) is 1. The van der Waals surface area contributed by atoms with Crippen molar-refractivity contribution in [3.63, 3.8) is 0 Å². The van der Waals surface area contributed by atoms with E-state index in [-0.39, 0.29) is 18.4 Å². The molecule has 0 heterocycles. The van der Waals surface area contributed by atoms with Gasteiger partial charge in [-0.3, -0.25) is 9.59 Å². The predicted octanol–water partition coefficient (Wildman–Crippen LogP) is 5.18. The van der Waals surface area contributed by atoms with E-state index >= 15 is 0 Å². The Morgan fingerprint density at radius 3 is 2.21 bits per heavy atom. The van der Waals surface area contributed by atoms with Crippen molar-refractivity contribution < 1.29 is 9.59 Å². The molecule has 0 bridgehead atoms. The summed E-state index contributed by atoms with van der Waals surface area (Å²) in [5, 5.41) is 3.80. The highest BCUT2D eigenvalue weighted by Crippen LogP contribution is 2.27. The molecule has 29 heavy (non-hydrogen) atoms. The predicted molar refractivity (Wildman–Crippen MR) is 119 cm³/mol. The van der Waals surface area contributed by atoms with Crippen LogP contribution in [0.1, 0.15) is 43.4 Å². The number of aryl methyl sites for hydroxylation is 2. The number of benzene rings is 2. The lowest BCUT2D eigenvalue weighted by molar-refractivity contribution is -0.141. The first kappa shape index (κ1) is 23.2. The summed E-state index contributed by atoms with van der Waals surface area (Å²) in [5.74, 6) is -0.262. The summed E-state index contributed by atoms with van der Waals surface area (Å²) >= 11 is 12.7. The highest BCUT2D eigenvalue weighted by Gasteiger charge is 2.29. The van der Waals surface area contributed by atoms with Crippen LogP contribution in [0.3, 0.4) is 0 Å². The topological polar surface area (TPSA) is 49.4 Å². The molecule has 0 saturated carbocycles. The van der Waals surface area contributed by atoms with E-state index in [2.05, 4.69) is 5.32 Å². The Balaban J connectivity index is 2.25. The van der Waals surface area contributed by atoms with Gasteiger partial charge in [-0.05, 0) is 44.4 Å². The van der Waals surface area contributed by atoms with E-state index in [1.807, 2.05) is 45.0 Å². The summed E-state index contributed by atoms with van der Waals surface area (Å²) in [6, 6.07) is 12.8. The van der Waals surface area contributed by atoms with Crippen LogP contribution in [0, 0.1) is 6.92 Å². The van der Waals surface area contributed by atoms with Gasteiger partial charge in [-0.25, -0.2) is 0 Å². The van der Waals surface area contributed by atoms with Crippen molar-refractivity contribution in [3.8, 4) is 0 Å². The number of halogens is 2. The lowest BCUT2D eigenvalue weighted by Gasteiger charge is -2.31. The van der Waals surface area contributed by atoms with Crippen LogP contribution < -0.4 is 5.32 Å². The maximum Gasteiger partial charge on any atom is 0.242 e. The smallest absolute Gasteiger partial charge is 0.242 e. The van der Waals surface area contributed by atoms with Gasteiger partial charge in [-0.15, -0.1) is 0 Å². The average molecular weight is 435 g/mol. The Morgan fingerprint density at radius 1 is 1.03 bits per heavy atom. The number of rotatable bonds is 9. The van der Waals surface area contributed by atoms with Crippen LogP contribution in [0.2, 0.25) is 10.0 Å². The molecule has 2 rings (SSSR count). The van der Waals surface area contributed by atoms with E-state index in [1.54, 1.807) is 23.1 Å². The molecule has 0 unspecified atom stereocenters. The first-order valence-corrected chi connectivity index (χ1v) is 10.7. The molecular weight excluding hydrogens is 407 g/mol. The lowest BCUT2D eigenvalue weighted by Crippen LogP contribution is -2.49. The van der Waals surface area contributed by atoms with E-state index < -0.39 is 6.04 Å². The highest BCUT2D eigenvalue weighted by molar-refractivity contribution is 6.36. The second-order valence-electron chi connectivity index (χ2n) is 7.03. The normalized spacial score (nSPS) is 11.8. The van der Waals surface area contributed by atoms with Crippen LogP contribution in [-0.4, -0.2) is 29.3 Å². The van der Waals surface area contributed by atoms with Gasteiger partial charge in [0.15, 0.2) is 0 Å². The van der Waals surface area contributed by atoms with Crippen molar-refractivity contribution in [1.29, 1.82) is 0 Å². The monoisotopic (exact) mass is 434 g/mol. The van der Waals surface area contributed by atoms with Gasteiger partial charge >= 0.3 is 0 Å². The SMILES string of the molecule is CCNC(=O)[C@@H](CC)N(Cc1c(Cl)cccc1Cl)C(=O)CCc1ccc(C)cc1. The zero-order valence-corrected chi connectivity index (χ0v) is 18.7. The molecule has 4 nitrogen and oxygen atoms in total. The molecule has 0 aromatic heterocycles. The fourth-order valence-electron chi connectivity index (χ4n) is 3.21. The first-order chi connectivity index (χ1) is 13.9. The fourth-order valence-corrected chi connectivity index (χ4v) is 3.73. The van der Waals surface area contributed by atoms with Crippen LogP contribution >= 0.6 is 23.2 Å². The van der Waals surface area contributed by atoms with Gasteiger partial charge in [0, 0.05) is 35.1 Å². The minimum atomic E-state index is -0.576. The van der Waals surface area contributed by atoms with Gasteiger partial charge in [0.05, 0.1) is 0 Å². The molecule has 1 atom stereocenters. The average Bonchev–Trinajstić information content (AvgIpc) is 2.69. The molecule has 0 saturated heterocycles. The summed E-state index contributed by atoms with van der Waals surface area (Å²) in [5.41, 5.74) is 2.92. The van der Waals surface area contributed by atoms with Gasteiger partial charge in [0.1, 0.15) is 6.04 Å². The molecule has 2 amide bonds. The number of hydrogen-bond acceptors (Lipinski definition) is 2. The largest absolute Gasteiger partial charge is 0.355 e. The summed E-state index contributed by atoms with van der Waals surface area (Å²) in [6.07, 6.45) is 1.42. The molecule has 6 heteroatoms. The molecule has 1 N–H and O–H groups in total. The number of nitrogens with one attached hydrogen (secondary N) is 1. The number of carbonyl (C=O) groups is 2. The number of likely N-dealkylation sites (N-methyl/N-ethyl adjacent to an activating group) is 1. The molecule has 0 spiro atoms. The lowest BCUT2D eigenvalue weighted by atomic mass is 10.0. The van der Waals surface area contributed by atoms with Gasteiger partial charge in [-0.1, -0.05) is 66.0 Å². The van der Waals surface area contributed by atoms with Crippen LogP contribution in [0.5, 0.6) is 0 Å². The van der Waals surface area contributed by atoms with Crippen LogP contribution in [-0.2, 0) is 22.6 Å². The van der Waals surface area contributed by atoms with Crippen molar-refractivity contribution in [3.05, 3.63) is 69.2 Å². The zero-order valence-electron chi connectivity index (χ0n) is 17.2. The summed E-state index contributed by atoms with van der Waals surface area (Å²) in [7, 11) is 0. The Hall–Kier alpha value is -2.04. The van der Waals surface area contributed by atoms with Crippen LogP contribution in [0.15, 0.2) is 42.5 Å². The maximum absolute atomic E-state index is 13.2. The number of amides is 2. The Bertz CT molecular complexity index is 817. The third kappa shape index (κ3) is 6.48. The standard InChI is InChI=1S/C23H28Cl2N2O2/c1-4-21(23(29)26-5-2)27(15-18-19(24)7-6-8-20(18)25)22(28)14-13-17-11-9-16(3)10-12-17/h6-12,21H,4-5,13-15H2,1-3H3,(H,26,29)/t21-/m1/s1. The van der Waals surface area contributed by atoms with Gasteiger partial charge in [-0.2, -0.15) is 0 Å². The summed E-state index contributed by atoms with van der Waals surface area (Å²) in [4.78, 5) is 27.4. The molecule has 0 fully saturated rings. The first-order valence-electron chi connectivity index (χ1n) is 9.92. The molecular formula is C23H28Cl2N2O2. The van der Waals surface area contributed by atoms with Crippen molar-refractivity contribution in [2.45, 2.75) is 52.6 Å².